The Labute approximate surface area is 163 Å². The highest BCUT2D eigenvalue weighted by atomic mass is 32.1. The molecule has 1 aliphatic rings. The van der Waals surface area contributed by atoms with Crippen molar-refractivity contribution >= 4 is 28.3 Å². The Morgan fingerprint density at radius 1 is 1.25 bits per heavy atom. The fourth-order valence-corrected chi connectivity index (χ4v) is 3.47. The van der Waals surface area contributed by atoms with E-state index in [2.05, 4.69) is 10.3 Å². The molecule has 6 nitrogen and oxygen atoms in total. The molecule has 0 bridgehead atoms. The van der Waals surface area contributed by atoms with E-state index in [-0.39, 0.29) is 17.6 Å². The normalized spacial score (nSPS) is 15.3. The van der Waals surface area contributed by atoms with Crippen LogP contribution < -0.4 is 10.1 Å². The van der Waals surface area contributed by atoms with Gasteiger partial charge in [0.15, 0.2) is 11.7 Å². The standard InChI is InChI=1S/C18H18F3N3O3S/c19-18(20,21)13-3-1-2-4-14(13)27-11-15(25)24-8-5-12(6-9-24)16(26)23-17-22-7-10-28-17/h1-4,7,10,12H,5-6,8-9,11H2,(H,22,23,26). The van der Waals surface area contributed by atoms with E-state index >= 15 is 0 Å². The summed E-state index contributed by atoms with van der Waals surface area (Å²) in [7, 11) is 0. The number of carbonyl (C=O) groups excluding carboxylic acids is 2. The van der Waals surface area contributed by atoms with Gasteiger partial charge in [-0.3, -0.25) is 9.59 Å². The fraction of sp³-hybridized carbons (Fsp3) is 0.389. The maximum Gasteiger partial charge on any atom is 0.419 e. The monoisotopic (exact) mass is 413 g/mol. The lowest BCUT2D eigenvalue weighted by molar-refractivity contribution is -0.141. The number of hydrogen-bond acceptors (Lipinski definition) is 5. The molecule has 1 aromatic carbocycles. The topological polar surface area (TPSA) is 71.5 Å². The number of likely N-dealkylation sites (tertiary alicyclic amines) is 1. The Kier molecular flexibility index (Phi) is 6.18. The van der Waals surface area contributed by atoms with Crippen molar-refractivity contribution < 1.29 is 27.5 Å². The van der Waals surface area contributed by atoms with Crippen LogP contribution in [0.3, 0.4) is 0 Å². The van der Waals surface area contributed by atoms with Crippen molar-refractivity contribution in [3.8, 4) is 5.75 Å². The van der Waals surface area contributed by atoms with Gasteiger partial charge in [-0.1, -0.05) is 12.1 Å². The minimum Gasteiger partial charge on any atom is -0.483 e. The van der Waals surface area contributed by atoms with Crippen LogP contribution in [0.2, 0.25) is 0 Å². The van der Waals surface area contributed by atoms with Gasteiger partial charge in [0.25, 0.3) is 5.91 Å². The number of para-hydroxylation sites is 1. The Bertz CT molecular complexity index is 819. The lowest BCUT2D eigenvalue weighted by Gasteiger charge is -2.31. The van der Waals surface area contributed by atoms with Crippen LogP contribution in [0, 0.1) is 5.92 Å². The van der Waals surface area contributed by atoms with Gasteiger partial charge >= 0.3 is 6.18 Å². The summed E-state index contributed by atoms with van der Waals surface area (Å²) in [6.45, 7) is 0.210. The van der Waals surface area contributed by atoms with Crippen LogP contribution in [0.1, 0.15) is 18.4 Å². The number of thiazole rings is 1. The molecule has 1 fully saturated rings. The summed E-state index contributed by atoms with van der Waals surface area (Å²) in [5.41, 5.74) is -0.916. The number of ether oxygens (including phenoxy) is 1. The number of anilines is 1. The van der Waals surface area contributed by atoms with E-state index < -0.39 is 24.3 Å². The molecule has 2 amide bonds. The second-order valence-electron chi connectivity index (χ2n) is 6.26. The summed E-state index contributed by atoms with van der Waals surface area (Å²) in [5.74, 6) is -1.16. The van der Waals surface area contributed by atoms with Crippen molar-refractivity contribution in [2.24, 2.45) is 5.92 Å². The van der Waals surface area contributed by atoms with Crippen LogP contribution in [0.15, 0.2) is 35.8 Å². The number of halogens is 3. The Hall–Kier alpha value is -2.62. The molecule has 1 N–H and O–H groups in total. The summed E-state index contributed by atoms with van der Waals surface area (Å²) in [5, 5.41) is 5.02. The van der Waals surface area contributed by atoms with Crippen molar-refractivity contribution in [1.82, 2.24) is 9.88 Å². The summed E-state index contributed by atoms with van der Waals surface area (Å²) < 4.78 is 44.0. The quantitative estimate of drug-likeness (QED) is 0.816. The average Bonchev–Trinajstić information content (AvgIpc) is 3.18. The Morgan fingerprint density at radius 2 is 1.96 bits per heavy atom. The Morgan fingerprint density at radius 3 is 2.61 bits per heavy atom. The molecule has 2 aromatic rings. The van der Waals surface area contributed by atoms with E-state index in [0.29, 0.717) is 31.1 Å². The van der Waals surface area contributed by atoms with E-state index in [4.69, 9.17) is 4.74 Å². The Balaban J connectivity index is 1.49. The molecule has 3 rings (SSSR count). The molecule has 0 spiro atoms. The predicted octanol–water partition coefficient (Wildman–Crippen LogP) is 3.42. The highest BCUT2D eigenvalue weighted by Crippen LogP contribution is 2.35. The third kappa shape index (κ3) is 5.00. The van der Waals surface area contributed by atoms with E-state index in [1.54, 1.807) is 11.6 Å². The maximum atomic E-state index is 13.0. The van der Waals surface area contributed by atoms with Crippen molar-refractivity contribution in [2.45, 2.75) is 19.0 Å². The zero-order valence-corrected chi connectivity index (χ0v) is 15.6. The van der Waals surface area contributed by atoms with Gasteiger partial charge in [0.2, 0.25) is 5.91 Å². The highest BCUT2D eigenvalue weighted by Gasteiger charge is 2.34. The van der Waals surface area contributed by atoms with E-state index in [9.17, 15) is 22.8 Å². The number of aromatic nitrogens is 1. The molecule has 0 saturated carbocycles. The minimum atomic E-state index is -4.55. The van der Waals surface area contributed by atoms with Crippen LogP contribution in [0.4, 0.5) is 18.3 Å². The number of benzene rings is 1. The molecule has 1 aliphatic heterocycles. The zero-order valence-electron chi connectivity index (χ0n) is 14.7. The van der Waals surface area contributed by atoms with Crippen LogP contribution in [-0.2, 0) is 15.8 Å². The van der Waals surface area contributed by atoms with Gasteiger partial charge < -0.3 is 15.0 Å². The van der Waals surface area contributed by atoms with Crippen molar-refractivity contribution in [3.05, 3.63) is 41.4 Å². The number of nitrogens with zero attached hydrogens (tertiary/aromatic N) is 2. The molecule has 0 unspecified atom stereocenters. The van der Waals surface area contributed by atoms with Crippen molar-refractivity contribution in [2.75, 3.05) is 25.0 Å². The summed E-state index contributed by atoms with van der Waals surface area (Å²) in [4.78, 5) is 30.0. The average molecular weight is 413 g/mol. The zero-order chi connectivity index (χ0) is 20.1. The first kappa shape index (κ1) is 20.1. The number of carbonyl (C=O) groups is 2. The number of rotatable bonds is 5. The van der Waals surface area contributed by atoms with Crippen molar-refractivity contribution in [3.63, 3.8) is 0 Å². The van der Waals surface area contributed by atoms with Crippen molar-refractivity contribution in [1.29, 1.82) is 0 Å². The van der Waals surface area contributed by atoms with Gasteiger partial charge in [0.1, 0.15) is 5.75 Å². The lowest BCUT2D eigenvalue weighted by atomic mass is 9.96. The number of nitrogens with one attached hydrogen (secondary N) is 1. The number of alkyl halides is 3. The fourth-order valence-electron chi connectivity index (χ4n) is 2.94. The van der Waals surface area contributed by atoms with E-state index in [1.165, 1.54) is 34.4 Å². The molecular formula is C18H18F3N3O3S. The SMILES string of the molecule is O=C(Nc1nccs1)C1CCN(C(=O)COc2ccccc2C(F)(F)F)CC1. The summed E-state index contributed by atoms with van der Waals surface area (Å²) in [6, 6.07) is 4.78. The molecule has 0 aliphatic carbocycles. The van der Waals surface area contributed by atoms with Crippen LogP contribution in [-0.4, -0.2) is 41.4 Å². The second-order valence-corrected chi connectivity index (χ2v) is 7.16. The van der Waals surface area contributed by atoms with Crippen LogP contribution in [0.25, 0.3) is 0 Å². The number of amides is 2. The summed E-state index contributed by atoms with van der Waals surface area (Å²) in [6.07, 6.45) is -2.01. The van der Waals surface area contributed by atoms with Gasteiger partial charge in [-0.25, -0.2) is 4.98 Å². The number of hydrogen-bond donors (Lipinski definition) is 1. The van der Waals surface area contributed by atoms with Gasteiger partial charge in [-0.15, -0.1) is 11.3 Å². The molecule has 0 radical (unpaired) electrons. The molecule has 28 heavy (non-hydrogen) atoms. The smallest absolute Gasteiger partial charge is 0.419 e. The second kappa shape index (κ2) is 8.59. The van der Waals surface area contributed by atoms with Gasteiger partial charge in [-0.2, -0.15) is 13.2 Å². The first-order valence-electron chi connectivity index (χ1n) is 8.62. The lowest BCUT2D eigenvalue weighted by Crippen LogP contribution is -2.43. The molecule has 10 heteroatoms. The van der Waals surface area contributed by atoms with E-state index in [0.717, 1.165) is 6.07 Å². The molecular weight excluding hydrogens is 395 g/mol. The molecule has 1 aromatic heterocycles. The van der Waals surface area contributed by atoms with Crippen LogP contribution in [0.5, 0.6) is 5.75 Å². The maximum absolute atomic E-state index is 13.0. The van der Waals surface area contributed by atoms with Gasteiger partial charge in [0.05, 0.1) is 5.56 Å². The first-order chi connectivity index (χ1) is 13.3. The third-order valence-corrected chi connectivity index (χ3v) is 5.11. The molecule has 1 saturated heterocycles. The van der Waals surface area contributed by atoms with E-state index in [1.807, 2.05) is 0 Å². The summed E-state index contributed by atoms with van der Waals surface area (Å²) >= 11 is 1.32. The minimum absolute atomic E-state index is 0.141. The highest BCUT2D eigenvalue weighted by molar-refractivity contribution is 7.13. The predicted molar refractivity (Wildman–Crippen MR) is 97.0 cm³/mol. The molecule has 0 atom stereocenters. The van der Waals surface area contributed by atoms with Gasteiger partial charge in [-0.05, 0) is 25.0 Å². The third-order valence-electron chi connectivity index (χ3n) is 4.42. The molecule has 2 heterocycles. The van der Waals surface area contributed by atoms with Gasteiger partial charge in [0, 0.05) is 30.6 Å². The first-order valence-corrected chi connectivity index (χ1v) is 9.49. The molecule has 150 valence electrons. The number of piperidine rings is 1. The van der Waals surface area contributed by atoms with Crippen LogP contribution >= 0.6 is 11.3 Å². The largest absolute Gasteiger partial charge is 0.483 e.